The maximum absolute atomic E-state index is 5.46. The Morgan fingerprint density at radius 2 is 1.93 bits per heavy atom. The van der Waals surface area contributed by atoms with E-state index in [2.05, 4.69) is 69.9 Å². The first-order valence-corrected chi connectivity index (χ1v) is 10.8. The summed E-state index contributed by atoms with van der Waals surface area (Å²) in [7, 11) is 1.84. The summed E-state index contributed by atoms with van der Waals surface area (Å²) < 4.78 is 10.8. The van der Waals surface area contributed by atoms with Gasteiger partial charge in [-0.2, -0.15) is 0 Å². The van der Waals surface area contributed by atoms with E-state index in [0.29, 0.717) is 18.9 Å². The number of aliphatic imine (C=N–C) groups is 1. The van der Waals surface area contributed by atoms with Crippen molar-refractivity contribution in [3.05, 3.63) is 59.7 Å². The number of likely N-dealkylation sites (tertiary alicyclic amines) is 1. The number of nitrogens with zero attached hydrogens (tertiary/aromatic N) is 2. The highest BCUT2D eigenvalue weighted by Crippen LogP contribution is 2.32. The molecule has 0 radical (unpaired) electrons. The lowest BCUT2D eigenvalue weighted by Crippen LogP contribution is -2.51. The van der Waals surface area contributed by atoms with Crippen LogP contribution in [0.1, 0.15) is 30.9 Å². The van der Waals surface area contributed by atoms with Crippen LogP contribution in [0.4, 0.5) is 0 Å². The van der Waals surface area contributed by atoms with Crippen molar-refractivity contribution in [3.8, 4) is 11.5 Å². The van der Waals surface area contributed by atoms with Crippen LogP contribution >= 0.6 is 0 Å². The molecule has 2 aromatic rings. The first-order chi connectivity index (χ1) is 14.7. The van der Waals surface area contributed by atoms with Crippen LogP contribution in [0, 0.1) is 0 Å². The molecule has 0 amide bonds. The fraction of sp³-hybridized carbons (Fsp3) is 0.458. The molecule has 0 bridgehead atoms. The minimum atomic E-state index is 0.316. The predicted molar refractivity (Wildman–Crippen MR) is 120 cm³/mol. The van der Waals surface area contributed by atoms with Crippen LogP contribution in [0.25, 0.3) is 0 Å². The first kappa shape index (κ1) is 20.5. The van der Waals surface area contributed by atoms with Gasteiger partial charge in [0.05, 0.1) is 0 Å². The molecule has 6 nitrogen and oxygen atoms in total. The zero-order chi connectivity index (χ0) is 20.8. The van der Waals surface area contributed by atoms with E-state index in [0.717, 1.165) is 56.4 Å². The molecule has 2 unspecified atom stereocenters. The van der Waals surface area contributed by atoms with E-state index >= 15 is 0 Å². The average Bonchev–Trinajstić information content (AvgIpc) is 3.23. The molecule has 4 rings (SSSR count). The standard InChI is InChI=1S/C24H32N4O2/c1-18-14-21(11-13-28(18)16-20-6-4-3-5-7-20)27-24(25-2)26-12-10-19-8-9-22-23(15-19)30-17-29-22/h3-9,15,18,21H,10-14,16-17H2,1-2H3,(H2,25,26,27). The van der Waals surface area contributed by atoms with Crippen LogP contribution in [0.5, 0.6) is 11.5 Å². The molecule has 2 atom stereocenters. The van der Waals surface area contributed by atoms with Gasteiger partial charge >= 0.3 is 0 Å². The summed E-state index contributed by atoms with van der Waals surface area (Å²) in [5.74, 6) is 2.55. The summed E-state index contributed by atoms with van der Waals surface area (Å²) in [6.45, 7) is 5.59. The Balaban J connectivity index is 1.21. The molecule has 2 N–H and O–H groups in total. The maximum Gasteiger partial charge on any atom is 0.231 e. The van der Waals surface area contributed by atoms with E-state index in [4.69, 9.17) is 9.47 Å². The van der Waals surface area contributed by atoms with Gasteiger partial charge in [0.1, 0.15) is 0 Å². The molecule has 0 spiro atoms. The van der Waals surface area contributed by atoms with Gasteiger partial charge < -0.3 is 20.1 Å². The second-order valence-electron chi connectivity index (χ2n) is 8.11. The quantitative estimate of drug-likeness (QED) is 0.568. The van der Waals surface area contributed by atoms with E-state index in [9.17, 15) is 0 Å². The molecule has 1 fully saturated rings. The number of fused-ring (bicyclic) bond motifs is 1. The van der Waals surface area contributed by atoms with Gasteiger partial charge in [0.2, 0.25) is 6.79 Å². The number of ether oxygens (including phenoxy) is 2. The molecule has 30 heavy (non-hydrogen) atoms. The fourth-order valence-corrected chi connectivity index (χ4v) is 4.21. The highest BCUT2D eigenvalue weighted by molar-refractivity contribution is 5.80. The SMILES string of the molecule is CN=C(NCCc1ccc2c(c1)OCO2)NC1CCN(Cc2ccccc2)C(C)C1. The third kappa shape index (κ3) is 5.25. The highest BCUT2D eigenvalue weighted by Gasteiger charge is 2.26. The van der Waals surface area contributed by atoms with Crippen molar-refractivity contribution < 1.29 is 9.47 Å². The van der Waals surface area contributed by atoms with Gasteiger partial charge in [-0.15, -0.1) is 0 Å². The second kappa shape index (κ2) is 9.85. The van der Waals surface area contributed by atoms with Gasteiger partial charge in [-0.3, -0.25) is 9.89 Å². The lowest BCUT2D eigenvalue weighted by atomic mass is 9.97. The summed E-state index contributed by atoms with van der Waals surface area (Å²) in [4.78, 5) is 6.99. The highest BCUT2D eigenvalue weighted by atomic mass is 16.7. The summed E-state index contributed by atoms with van der Waals surface area (Å²) in [5.41, 5.74) is 2.61. The molecule has 2 aliphatic rings. The summed E-state index contributed by atoms with van der Waals surface area (Å²) in [6, 6.07) is 17.9. The number of hydrogen-bond donors (Lipinski definition) is 2. The van der Waals surface area contributed by atoms with Crippen molar-refractivity contribution in [1.82, 2.24) is 15.5 Å². The number of nitrogens with one attached hydrogen (secondary N) is 2. The van der Waals surface area contributed by atoms with Crippen molar-refractivity contribution in [2.75, 3.05) is 26.9 Å². The maximum atomic E-state index is 5.46. The molecule has 2 aliphatic heterocycles. The lowest BCUT2D eigenvalue weighted by Gasteiger charge is -2.38. The van der Waals surface area contributed by atoms with Gasteiger partial charge in [-0.25, -0.2) is 0 Å². The van der Waals surface area contributed by atoms with Crippen molar-refractivity contribution >= 4 is 5.96 Å². The zero-order valence-corrected chi connectivity index (χ0v) is 17.9. The monoisotopic (exact) mass is 408 g/mol. The van der Waals surface area contributed by atoms with Gasteiger partial charge in [-0.05, 0) is 49.4 Å². The number of guanidine groups is 1. The Kier molecular flexibility index (Phi) is 6.74. The van der Waals surface area contributed by atoms with Crippen molar-refractivity contribution in [3.63, 3.8) is 0 Å². The van der Waals surface area contributed by atoms with Crippen LogP contribution < -0.4 is 20.1 Å². The molecule has 6 heteroatoms. The minimum Gasteiger partial charge on any atom is -0.454 e. The summed E-state index contributed by atoms with van der Waals surface area (Å²) in [5, 5.41) is 7.07. The molecule has 160 valence electrons. The summed E-state index contributed by atoms with van der Waals surface area (Å²) >= 11 is 0. The van der Waals surface area contributed by atoms with Gasteiger partial charge in [0.25, 0.3) is 0 Å². The summed E-state index contributed by atoms with van der Waals surface area (Å²) in [6.07, 6.45) is 3.15. The van der Waals surface area contributed by atoms with Crippen LogP contribution in [-0.4, -0.2) is 49.9 Å². The van der Waals surface area contributed by atoms with Crippen molar-refractivity contribution in [1.29, 1.82) is 0 Å². The third-order valence-electron chi connectivity index (χ3n) is 5.95. The fourth-order valence-electron chi connectivity index (χ4n) is 4.21. The first-order valence-electron chi connectivity index (χ1n) is 10.8. The van der Waals surface area contributed by atoms with Crippen molar-refractivity contribution in [2.24, 2.45) is 4.99 Å². The average molecular weight is 409 g/mol. The Hall–Kier alpha value is -2.73. The minimum absolute atomic E-state index is 0.316. The number of rotatable bonds is 6. The molecule has 0 aliphatic carbocycles. The van der Waals surface area contributed by atoms with E-state index in [1.54, 1.807) is 0 Å². The number of piperidine rings is 1. The van der Waals surface area contributed by atoms with Crippen LogP contribution in [0.15, 0.2) is 53.5 Å². The Morgan fingerprint density at radius 1 is 1.10 bits per heavy atom. The molecule has 2 heterocycles. The van der Waals surface area contributed by atoms with E-state index in [-0.39, 0.29) is 0 Å². The molecular weight excluding hydrogens is 376 g/mol. The molecular formula is C24H32N4O2. The normalized spacial score (nSPS) is 21.5. The van der Waals surface area contributed by atoms with E-state index in [1.807, 2.05) is 13.1 Å². The van der Waals surface area contributed by atoms with Gasteiger partial charge in [-0.1, -0.05) is 36.4 Å². The van der Waals surface area contributed by atoms with Crippen LogP contribution in [-0.2, 0) is 13.0 Å². The molecule has 0 saturated carbocycles. The Morgan fingerprint density at radius 3 is 2.73 bits per heavy atom. The molecule has 1 saturated heterocycles. The lowest BCUT2D eigenvalue weighted by molar-refractivity contribution is 0.134. The van der Waals surface area contributed by atoms with E-state index in [1.165, 1.54) is 11.1 Å². The predicted octanol–water partition coefficient (Wildman–Crippen LogP) is 3.18. The number of benzene rings is 2. The third-order valence-corrected chi connectivity index (χ3v) is 5.95. The second-order valence-corrected chi connectivity index (χ2v) is 8.11. The smallest absolute Gasteiger partial charge is 0.231 e. The van der Waals surface area contributed by atoms with Gasteiger partial charge in [0.15, 0.2) is 17.5 Å². The Bertz CT molecular complexity index is 856. The van der Waals surface area contributed by atoms with Crippen LogP contribution in [0.2, 0.25) is 0 Å². The molecule has 0 aromatic heterocycles. The van der Waals surface area contributed by atoms with Gasteiger partial charge in [0, 0.05) is 38.8 Å². The Labute approximate surface area is 179 Å². The number of hydrogen-bond acceptors (Lipinski definition) is 4. The molecule has 2 aromatic carbocycles. The van der Waals surface area contributed by atoms with Crippen LogP contribution in [0.3, 0.4) is 0 Å². The largest absolute Gasteiger partial charge is 0.454 e. The zero-order valence-electron chi connectivity index (χ0n) is 17.9. The van der Waals surface area contributed by atoms with Crippen molar-refractivity contribution in [2.45, 2.75) is 44.8 Å². The van der Waals surface area contributed by atoms with E-state index < -0.39 is 0 Å². The topological polar surface area (TPSA) is 58.1 Å².